The summed E-state index contributed by atoms with van der Waals surface area (Å²) in [5, 5.41) is 0. The van der Waals surface area contributed by atoms with Gasteiger partial charge in [-0.25, -0.2) is 0 Å². The third-order valence-electron chi connectivity index (χ3n) is 0.236. The maximum Gasteiger partial charge on any atom is -0.0169 e. The van der Waals surface area contributed by atoms with E-state index in [9.17, 15) is 0 Å². The molecule has 0 atom stereocenters. The summed E-state index contributed by atoms with van der Waals surface area (Å²) < 4.78 is 0. The highest BCUT2D eigenvalue weighted by Crippen LogP contribution is 1.96. The van der Waals surface area contributed by atoms with Crippen LogP contribution in [0.15, 0.2) is 12.2 Å². The number of allylic oxidation sites excluding steroid dienone is 2. The average molecular weight is 82.1 g/mol. The molecule has 0 amide bonds. The molecule has 0 saturated carbocycles. The van der Waals surface area contributed by atoms with Crippen molar-refractivity contribution in [3.8, 4) is 0 Å². The van der Waals surface area contributed by atoms with E-state index >= 15 is 0 Å². The highest BCUT2D eigenvalue weighted by molar-refractivity contribution is 5.02. The number of hydrogen-bond donors (Lipinski definition) is 0. The van der Waals surface area contributed by atoms with Crippen LogP contribution in [-0.4, -0.2) is 0 Å². The second-order valence-corrected chi connectivity index (χ2v) is 0.797. The van der Waals surface area contributed by atoms with Gasteiger partial charge in [0.25, 0.3) is 0 Å². The van der Waals surface area contributed by atoms with E-state index in [0.717, 1.165) is 0 Å². The van der Waals surface area contributed by atoms with Crippen molar-refractivity contribution in [3.63, 3.8) is 0 Å². The fourth-order valence-electron chi connectivity index (χ4n) is 0. The first-order valence-electron chi connectivity index (χ1n) is 1.55. The molecular formula is C3H4N3-. The van der Waals surface area contributed by atoms with Gasteiger partial charge in [-0.1, -0.05) is 12.2 Å². The molecule has 0 spiro atoms. The summed E-state index contributed by atoms with van der Waals surface area (Å²) in [6, 6.07) is 0. The monoisotopic (exact) mass is 82.0 g/mol. The predicted octanol–water partition coefficient (Wildman–Crippen LogP) is 1.81. The molecule has 0 aromatic carbocycles. The fourth-order valence-corrected chi connectivity index (χ4v) is 0. The summed E-state index contributed by atoms with van der Waals surface area (Å²) in [6.07, 6.45) is 5.50. The molecule has 6 heavy (non-hydrogen) atoms. The number of rotatable bonds is 0. The largest absolute Gasteiger partial charge is 0.373 e. The van der Waals surface area contributed by atoms with Crippen LogP contribution < -0.4 is 0 Å². The lowest BCUT2D eigenvalue weighted by molar-refractivity contribution is 1.71. The zero-order chi connectivity index (χ0) is 4.83. The Hall–Kier alpha value is -0.950. The average Bonchev–Trinajstić information content (AvgIpc) is 2.11. The molecule has 0 aromatic heterocycles. The van der Waals surface area contributed by atoms with Gasteiger partial charge in [0.15, 0.2) is 0 Å². The van der Waals surface area contributed by atoms with Gasteiger partial charge in [-0.15, -0.1) is 0 Å². The molecule has 1 aliphatic carbocycles. The Kier molecular flexibility index (Phi) is 3.41. The Labute approximate surface area is 35.7 Å². The molecular weight excluding hydrogens is 78.1 g/mol. The lowest BCUT2D eigenvalue weighted by Crippen LogP contribution is -0.956. The molecule has 0 aromatic rings. The topological polar surface area (TPSA) is 58.7 Å². The van der Waals surface area contributed by atoms with Gasteiger partial charge >= 0.3 is 0 Å². The van der Waals surface area contributed by atoms with Crippen LogP contribution in [0.25, 0.3) is 16.0 Å². The van der Waals surface area contributed by atoms with Gasteiger partial charge in [-0.3, -0.25) is 4.91 Å². The van der Waals surface area contributed by atoms with E-state index in [2.05, 4.69) is 12.2 Å². The quantitative estimate of drug-likeness (QED) is 0.185. The third-order valence-corrected chi connectivity index (χ3v) is 0.236. The molecule has 0 N–H and O–H groups in total. The van der Waals surface area contributed by atoms with E-state index in [1.165, 1.54) is 11.3 Å². The van der Waals surface area contributed by atoms with Gasteiger partial charge < -0.3 is 11.1 Å². The highest BCUT2D eigenvalue weighted by atomic mass is 15.0. The molecule has 3 nitrogen and oxygen atoms in total. The number of hydrogen-bond acceptors (Lipinski definition) is 0. The second-order valence-electron chi connectivity index (χ2n) is 0.797. The maximum atomic E-state index is 6.75. The standard InChI is InChI=1S/C3H4.N3/c1-2-3-1;1-3-2/h1-2H,3H2;/q;-1. The van der Waals surface area contributed by atoms with E-state index in [1.807, 2.05) is 0 Å². The Morgan fingerprint density at radius 1 is 1.33 bits per heavy atom. The van der Waals surface area contributed by atoms with Gasteiger partial charge in [0, 0.05) is 0 Å². The van der Waals surface area contributed by atoms with Crippen molar-refractivity contribution in [2.24, 2.45) is 0 Å². The van der Waals surface area contributed by atoms with Crippen LogP contribution in [0.4, 0.5) is 0 Å². The maximum absolute atomic E-state index is 6.75. The molecule has 0 bridgehead atoms. The smallest absolute Gasteiger partial charge is 0.0169 e. The first-order chi connectivity index (χ1) is 2.91. The van der Waals surface area contributed by atoms with E-state index in [-0.39, 0.29) is 0 Å². The van der Waals surface area contributed by atoms with Crippen LogP contribution in [0.2, 0.25) is 0 Å². The summed E-state index contributed by atoms with van der Waals surface area (Å²) in [6.45, 7) is 0. The molecule has 32 valence electrons. The van der Waals surface area contributed by atoms with Crippen LogP contribution in [0.3, 0.4) is 0 Å². The van der Waals surface area contributed by atoms with Crippen LogP contribution in [-0.2, 0) is 0 Å². The SMILES string of the molecule is C1=CC1.[N-]=[N+]=[N-]. The summed E-state index contributed by atoms with van der Waals surface area (Å²) >= 11 is 0. The van der Waals surface area contributed by atoms with Gasteiger partial charge in [0.2, 0.25) is 0 Å². The van der Waals surface area contributed by atoms with Crippen molar-refractivity contribution < 1.29 is 0 Å². The van der Waals surface area contributed by atoms with Crippen LogP contribution >= 0.6 is 0 Å². The second kappa shape index (κ2) is 4.05. The molecule has 0 heterocycles. The fraction of sp³-hybridized carbons (Fsp3) is 0.333. The van der Waals surface area contributed by atoms with Crippen molar-refractivity contribution in [1.82, 2.24) is 0 Å². The minimum atomic E-state index is 1.25. The van der Waals surface area contributed by atoms with Gasteiger partial charge in [0.05, 0.1) is 0 Å². The summed E-state index contributed by atoms with van der Waals surface area (Å²) in [4.78, 5) is 1.50. The molecule has 0 radical (unpaired) electrons. The molecule has 0 fully saturated rings. The van der Waals surface area contributed by atoms with E-state index in [4.69, 9.17) is 11.1 Å². The Balaban J connectivity index is 0.0000000833. The normalized spacial score (nSPS) is 10.7. The minimum Gasteiger partial charge on any atom is -0.373 e. The van der Waals surface area contributed by atoms with Crippen molar-refractivity contribution >= 4 is 0 Å². The molecule has 1 aliphatic rings. The van der Waals surface area contributed by atoms with Crippen LogP contribution in [0, 0.1) is 0 Å². The van der Waals surface area contributed by atoms with Gasteiger partial charge in [-0.2, -0.15) is 0 Å². The highest BCUT2D eigenvalue weighted by Gasteiger charge is 1.75. The van der Waals surface area contributed by atoms with E-state index in [1.54, 1.807) is 0 Å². The Morgan fingerprint density at radius 3 is 1.50 bits per heavy atom. The summed E-state index contributed by atoms with van der Waals surface area (Å²) in [5.41, 5.74) is 13.5. The van der Waals surface area contributed by atoms with Crippen molar-refractivity contribution in [2.45, 2.75) is 6.42 Å². The van der Waals surface area contributed by atoms with Crippen LogP contribution in [0.5, 0.6) is 0 Å². The molecule has 0 aliphatic heterocycles. The summed E-state index contributed by atoms with van der Waals surface area (Å²) in [7, 11) is 0. The van der Waals surface area contributed by atoms with Gasteiger partial charge in [0.1, 0.15) is 0 Å². The van der Waals surface area contributed by atoms with E-state index < -0.39 is 0 Å². The predicted molar refractivity (Wildman–Crippen MR) is 23.8 cm³/mol. The lowest BCUT2D eigenvalue weighted by atomic mass is 10.9. The Bertz CT molecular complexity index is 74.0. The minimum absolute atomic E-state index is 1.25. The first-order valence-corrected chi connectivity index (χ1v) is 1.55. The van der Waals surface area contributed by atoms with Crippen molar-refractivity contribution in [1.29, 1.82) is 0 Å². The summed E-state index contributed by atoms with van der Waals surface area (Å²) in [5.74, 6) is 0. The van der Waals surface area contributed by atoms with Crippen molar-refractivity contribution in [2.75, 3.05) is 0 Å². The number of nitrogens with zero attached hydrogens (tertiary/aromatic N) is 3. The van der Waals surface area contributed by atoms with Crippen molar-refractivity contribution in [3.05, 3.63) is 28.1 Å². The zero-order valence-electron chi connectivity index (χ0n) is 3.20. The van der Waals surface area contributed by atoms with Gasteiger partial charge in [-0.05, 0) is 6.42 Å². The third kappa shape index (κ3) is 5130. The van der Waals surface area contributed by atoms with E-state index in [0.29, 0.717) is 0 Å². The Morgan fingerprint density at radius 2 is 1.50 bits per heavy atom. The first kappa shape index (κ1) is 5.05. The molecule has 1 rings (SSSR count). The lowest BCUT2D eigenvalue weighted by Gasteiger charge is -1.31. The zero-order valence-corrected chi connectivity index (χ0v) is 3.20. The molecule has 3 heteroatoms. The van der Waals surface area contributed by atoms with Crippen LogP contribution in [0.1, 0.15) is 6.42 Å². The molecule has 0 unspecified atom stereocenters. The molecule has 0 saturated heterocycles.